The number of nitrogens with one attached hydrogen (secondary N) is 1. The Morgan fingerprint density at radius 3 is 2.75 bits per heavy atom. The van der Waals surface area contributed by atoms with Crippen LogP contribution in [-0.4, -0.2) is 44.9 Å². The summed E-state index contributed by atoms with van der Waals surface area (Å²) < 4.78 is 15.0. The molecule has 5 rings (SSSR count). The topological polar surface area (TPSA) is 87.1 Å². The standard InChI is InChI=1S/C19H17FN6O2/c20-12-4-6-24(9-12)17-2-1-14(8-22-17)26-10-15-16(23-26)11-25(19(15)28)13-3-5-21-18(27)7-13/h1-3,5,7-8,10,12H,4,6,9,11H2,(H,21,27)/t12-/m1/s1. The first-order valence-corrected chi connectivity index (χ1v) is 9.03. The number of nitrogens with zero attached hydrogens (tertiary/aromatic N) is 5. The summed E-state index contributed by atoms with van der Waals surface area (Å²) in [6, 6.07) is 6.77. The summed E-state index contributed by atoms with van der Waals surface area (Å²) >= 11 is 0. The number of aromatic nitrogens is 4. The summed E-state index contributed by atoms with van der Waals surface area (Å²) in [6.07, 6.45) is 4.59. The van der Waals surface area contributed by atoms with Gasteiger partial charge in [0.2, 0.25) is 5.56 Å². The van der Waals surface area contributed by atoms with Crippen molar-refractivity contribution < 1.29 is 9.18 Å². The number of amides is 1. The van der Waals surface area contributed by atoms with Gasteiger partial charge < -0.3 is 14.8 Å². The average Bonchev–Trinajstić information content (AvgIpc) is 3.38. The van der Waals surface area contributed by atoms with E-state index < -0.39 is 6.17 Å². The lowest BCUT2D eigenvalue weighted by Gasteiger charge is -2.16. The molecule has 2 aliphatic heterocycles. The van der Waals surface area contributed by atoms with Crippen LogP contribution in [0.2, 0.25) is 0 Å². The Kier molecular flexibility index (Phi) is 3.75. The lowest BCUT2D eigenvalue weighted by atomic mass is 10.3. The second kappa shape index (κ2) is 6.29. The van der Waals surface area contributed by atoms with Gasteiger partial charge in [-0.15, -0.1) is 0 Å². The largest absolute Gasteiger partial charge is 0.354 e. The summed E-state index contributed by atoms with van der Waals surface area (Å²) in [7, 11) is 0. The smallest absolute Gasteiger partial charge is 0.262 e. The van der Waals surface area contributed by atoms with E-state index in [9.17, 15) is 14.0 Å². The first-order valence-electron chi connectivity index (χ1n) is 9.03. The van der Waals surface area contributed by atoms with Crippen molar-refractivity contribution in [1.29, 1.82) is 0 Å². The van der Waals surface area contributed by atoms with E-state index in [1.807, 2.05) is 17.0 Å². The van der Waals surface area contributed by atoms with E-state index in [0.717, 1.165) is 11.5 Å². The van der Waals surface area contributed by atoms with E-state index in [2.05, 4.69) is 15.1 Å². The van der Waals surface area contributed by atoms with Crippen molar-refractivity contribution in [2.45, 2.75) is 19.1 Å². The van der Waals surface area contributed by atoms with Gasteiger partial charge in [0, 0.05) is 25.0 Å². The monoisotopic (exact) mass is 380 g/mol. The Hall–Kier alpha value is -3.49. The lowest BCUT2D eigenvalue weighted by molar-refractivity contribution is 0.0996. The third-order valence-electron chi connectivity index (χ3n) is 5.10. The second-order valence-corrected chi connectivity index (χ2v) is 6.94. The molecule has 9 heteroatoms. The van der Waals surface area contributed by atoms with Crippen LogP contribution in [0.15, 0.2) is 47.7 Å². The van der Waals surface area contributed by atoms with E-state index in [0.29, 0.717) is 43.0 Å². The Bertz CT molecular complexity index is 1110. The number of fused-ring (bicyclic) bond motifs is 1. The fraction of sp³-hybridized carbons (Fsp3) is 0.263. The third-order valence-corrected chi connectivity index (χ3v) is 5.10. The molecule has 5 heterocycles. The second-order valence-electron chi connectivity index (χ2n) is 6.94. The normalized spacial score (nSPS) is 18.8. The molecular weight excluding hydrogens is 363 g/mol. The van der Waals surface area contributed by atoms with E-state index in [4.69, 9.17) is 0 Å². The number of pyridine rings is 2. The molecule has 0 spiro atoms. The van der Waals surface area contributed by atoms with Crippen LogP contribution in [0.5, 0.6) is 0 Å². The summed E-state index contributed by atoms with van der Waals surface area (Å²) in [5.41, 5.74) is 2.16. The zero-order chi connectivity index (χ0) is 19.3. The first kappa shape index (κ1) is 16.7. The maximum absolute atomic E-state index is 13.4. The number of hydrogen-bond donors (Lipinski definition) is 1. The van der Waals surface area contributed by atoms with Crippen molar-refractivity contribution in [2.75, 3.05) is 22.9 Å². The van der Waals surface area contributed by atoms with Gasteiger partial charge in [-0.1, -0.05) is 0 Å². The van der Waals surface area contributed by atoms with Gasteiger partial charge >= 0.3 is 0 Å². The number of anilines is 2. The highest BCUT2D eigenvalue weighted by atomic mass is 19.1. The Balaban J connectivity index is 1.38. The molecule has 3 aromatic rings. The van der Waals surface area contributed by atoms with Crippen LogP contribution in [0.25, 0.3) is 5.69 Å². The van der Waals surface area contributed by atoms with E-state index in [1.165, 1.54) is 17.2 Å². The maximum atomic E-state index is 13.4. The van der Waals surface area contributed by atoms with Gasteiger partial charge in [-0.2, -0.15) is 5.10 Å². The number of H-pyrrole nitrogens is 1. The lowest BCUT2D eigenvalue weighted by Crippen LogP contribution is -2.25. The van der Waals surface area contributed by atoms with Crippen molar-refractivity contribution in [3.05, 3.63) is 64.5 Å². The number of halogens is 1. The van der Waals surface area contributed by atoms with Gasteiger partial charge in [-0.3, -0.25) is 9.59 Å². The summed E-state index contributed by atoms with van der Waals surface area (Å²) in [5.74, 6) is 0.544. The SMILES string of the molecule is O=C1c2cn(-c3ccc(N4CC[C@@H](F)C4)nc3)nc2CN1c1cc[nH]c(=O)c1. The molecule has 8 nitrogen and oxygen atoms in total. The maximum Gasteiger partial charge on any atom is 0.262 e. The van der Waals surface area contributed by atoms with Gasteiger partial charge in [-0.25, -0.2) is 14.1 Å². The zero-order valence-corrected chi connectivity index (χ0v) is 14.9. The van der Waals surface area contributed by atoms with Crippen LogP contribution in [0.1, 0.15) is 22.5 Å². The van der Waals surface area contributed by atoms with Crippen molar-refractivity contribution in [2.24, 2.45) is 0 Å². The van der Waals surface area contributed by atoms with Gasteiger partial charge in [0.15, 0.2) is 0 Å². The predicted octanol–water partition coefficient (Wildman–Crippen LogP) is 1.66. The van der Waals surface area contributed by atoms with Crippen LogP contribution >= 0.6 is 0 Å². The molecule has 0 aromatic carbocycles. The number of rotatable bonds is 3. The minimum Gasteiger partial charge on any atom is -0.354 e. The summed E-state index contributed by atoms with van der Waals surface area (Å²) in [5, 5.41) is 4.50. The van der Waals surface area contributed by atoms with Gasteiger partial charge in [0.25, 0.3) is 5.91 Å². The molecule has 2 aliphatic rings. The van der Waals surface area contributed by atoms with Crippen molar-refractivity contribution >= 4 is 17.4 Å². The molecule has 1 fully saturated rings. The molecule has 1 N–H and O–H groups in total. The van der Waals surface area contributed by atoms with Crippen molar-refractivity contribution in [1.82, 2.24) is 19.7 Å². The Morgan fingerprint density at radius 1 is 1.18 bits per heavy atom. The minimum absolute atomic E-state index is 0.192. The van der Waals surface area contributed by atoms with E-state index in [-0.39, 0.29) is 11.5 Å². The molecule has 0 bridgehead atoms. The molecule has 0 saturated carbocycles. The summed E-state index contributed by atoms with van der Waals surface area (Å²) in [4.78, 5) is 34.6. The number of carbonyl (C=O) groups is 1. The Labute approximate surface area is 159 Å². The molecule has 1 amide bonds. The molecule has 28 heavy (non-hydrogen) atoms. The van der Waals surface area contributed by atoms with Crippen molar-refractivity contribution in [3.63, 3.8) is 0 Å². The molecule has 0 unspecified atom stereocenters. The van der Waals surface area contributed by atoms with Gasteiger partial charge in [0.1, 0.15) is 12.0 Å². The van der Waals surface area contributed by atoms with E-state index >= 15 is 0 Å². The highest BCUT2D eigenvalue weighted by Gasteiger charge is 2.32. The molecule has 1 saturated heterocycles. The highest BCUT2D eigenvalue weighted by Crippen LogP contribution is 2.27. The van der Waals surface area contributed by atoms with Crippen molar-refractivity contribution in [3.8, 4) is 5.69 Å². The van der Waals surface area contributed by atoms with Crippen LogP contribution in [0, 0.1) is 0 Å². The molecular formula is C19H17FN6O2. The van der Waals surface area contributed by atoms with Gasteiger partial charge in [-0.05, 0) is 24.6 Å². The van der Waals surface area contributed by atoms with Crippen LogP contribution < -0.4 is 15.4 Å². The van der Waals surface area contributed by atoms with Crippen LogP contribution in [0.4, 0.5) is 15.9 Å². The fourth-order valence-corrected chi connectivity index (χ4v) is 3.64. The molecule has 0 aliphatic carbocycles. The number of alkyl halides is 1. The zero-order valence-electron chi connectivity index (χ0n) is 14.9. The third kappa shape index (κ3) is 2.75. The number of aromatic amines is 1. The predicted molar refractivity (Wildman–Crippen MR) is 101 cm³/mol. The minimum atomic E-state index is -0.801. The highest BCUT2D eigenvalue weighted by molar-refractivity contribution is 6.09. The quantitative estimate of drug-likeness (QED) is 0.747. The van der Waals surface area contributed by atoms with Crippen LogP contribution in [0.3, 0.4) is 0 Å². The molecule has 3 aromatic heterocycles. The molecule has 142 valence electrons. The molecule has 0 radical (unpaired) electrons. The average molecular weight is 380 g/mol. The van der Waals surface area contributed by atoms with Crippen LogP contribution in [-0.2, 0) is 6.54 Å². The number of hydrogen-bond acceptors (Lipinski definition) is 5. The summed E-state index contributed by atoms with van der Waals surface area (Å²) in [6.45, 7) is 1.34. The fourth-order valence-electron chi connectivity index (χ4n) is 3.64. The van der Waals surface area contributed by atoms with E-state index in [1.54, 1.807) is 23.1 Å². The number of carbonyl (C=O) groups excluding carboxylic acids is 1. The Morgan fingerprint density at radius 2 is 2.07 bits per heavy atom. The first-order chi connectivity index (χ1) is 13.6. The molecule has 1 atom stereocenters. The van der Waals surface area contributed by atoms with Gasteiger partial charge in [0.05, 0.1) is 41.9 Å².